The number of nitrogen functional groups attached to an aromatic ring is 1. The van der Waals surface area contributed by atoms with Gasteiger partial charge in [-0.1, -0.05) is 11.8 Å². The van der Waals surface area contributed by atoms with Crippen molar-refractivity contribution in [2.45, 2.75) is 16.7 Å². The maximum Gasteiger partial charge on any atom is 0.114 e. The number of anilines is 1. The molecule has 0 fully saturated rings. The third kappa shape index (κ3) is 1.75. The van der Waals surface area contributed by atoms with Crippen LogP contribution in [0.2, 0.25) is 0 Å². The van der Waals surface area contributed by atoms with E-state index < -0.39 is 0 Å². The molecule has 2 heterocycles. The van der Waals surface area contributed by atoms with E-state index in [-0.39, 0.29) is 0 Å². The van der Waals surface area contributed by atoms with Crippen molar-refractivity contribution in [1.82, 2.24) is 4.98 Å². The van der Waals surface area contributed by atoms with Crippen molar-refractivity contribution in [1.29, 1.82) is 0 Å². The van der Waals surface area contributed by atoms with Gasteiger partial charge in [0.05, 0.1) is 16.1 Å². The second-order valence-electron chi connectivity index (χ2n) is 2.86. The fraction of sp³-hybridized carbons (Fsp3) is 0.100. The Morgan fingerprint density at radius 2 is 2.21 bits per heavy atom. The van der Waals surface area contributed by atoms with Crippen LogP contribution in [-0.2, 0) is 0 Å². The Bertz CT molecular complexity index is 439. The third-order valence-electron chi connectivity index (χ3n) is 1.85. The normalized spacial score (nSPS) is 10.4. The van der Waals surface area contributed by atoms with Gasteiger partial charge in [-0.25, -0.2) is 0 Å². The van der Waals surface area contributed by atoms with Crippen LogP contribution in [0.4, 0.5) is 5.69 Å². The molecule has 0 saturated carbocycles. The predicted octanol–water partition coefficient (Wildman–Crippen LogP) is 2.72. The van der Waals surface area contributed by atoms with E-state index >= 15 is 0 Å². The monoisotopic (exact) mass is 206 g/mol. The molecule has 3 nitrogen and oxygen atoms in total. The summed E-state index contributed by atoms with van der Waals surface area (Å²) >= 11 is 1.57. The van der Waals surface area contributed by atoms with E-state index in [4.69, 9.17) is 10.2 Å². The first-order chi connectivity index (χ1) is 6.77. The number of aromatic nitrogens is 1. The highest BCUT2D eigenvalue weighted by Gasteiger charge is 2.05. The van der Waals surface area contributed by atoms with Gasteiger partial charge in [-0.05, 0) is 19.1 Å². The Morgan fingerprint density at radius 3 is 2.86 bits per heavy atom. The number of nitrogens with zero attached hydrogens (tertiary/aromatic N) is 1. The molecule has 14 heavy (non-hydrogen) atoms. The molecule has 0 spiro atoms. The lowest BCUT2D eigenvalue weighted by Gasteiger charge is -2.02. The summed E-state index contributed by atoms with van der Waals surface area (Å²) in [5.41, 5.74) is 6.54. The van der Waals surface area contributed by atoms with Gasteiger partial charge in [-0.15, -0.1) is 0 Å². The van der Waals surface area contributed by atoms with E-state index in [0.29, 0.717) is 0 Å². The minimum atomic E-state index is 0.741. The quantitative estimate of drug-likeness (QED) is 0.820. The second-order valence-corrected chi connectivity index (χ2v) is 3.94. The maximum absolute atomic E-state index is 5.80. The minimum absolute atomic E-state index is 0.741. The van der Waals surface area contributed by atoms with Crippen molar-refractivity contribution in [3.8, 4) is 0 Å². The molecule has 72 valence electrons. The van der Waals surface area contributed by atoms with Gasteiger partial charge in [-0.2, -0.15) is 0 Å². The third-order valence-corrected chi connectivity index (χ3v) is 3.05. The number of aryl methyl sites for hydroxylation is 1. The van der Waals surface area contributed by atoms with Crippen molar-refractivity contribution in [3.63, 3.8) is 0 Å². The lowest BCUT2D eigenvalue weighted by atomic mass is 10.4. The van der Waals surface area contributed by atoms with Crippen molar-refractivity contribution >= 4 is 17.4 Å². The molecule has 0 amide bonds. The highest BCUT2D eigenvalue weighted by Crippen LogP contribution is 2.33. The molecule has 0 atom stereocenters. The summed E-state index contributed by atoms with van der Waals surface area (Å²) in [5.74, 6) is 0.901. The van der Waals surface area contributed by atoms with E-state index in [1.54, 1.807) is 36.5 Å². The molecule has 0 bridgehead atoms. The van der Waals surface area contributed by atoms with Crippen LogP contribution in [0.25, 0.3) is 0 Å². The van der Waals surface area contributed by atoms with Crippen LogP contribution >= 0.6 is 11.8 Å². The topological polar surface area (TPSA) is 52.0 Å². The lowest BCUT2D eigenvalue weighted by Crippen LogP contribution is -1.88. The van der Waals surface area contributed by atoms with Gasteiger partial charge in [0.15, 0.2) is 0 Å². The Kier molecular flexibility index (Phi) is 2.45. The first-order valence-corrected chi connectivity index (χ1v) is 5.00. The van der Waals surface area contributed by atoms with Crippen molar-refractivity contribution in [2.75, 3.05) is 5.73 Å². The number of hydrogen-bond donors (Lipinski definition) is 1. The fourth-order valence-electron chi connectivity index (χ4n) is 1.07. The Balaban J connectivity index is 2.28. The predicted molar refractivity (Wildman–Crippen MR) is 56.2 cm³/mol. The van der Waals surface area contributed by atoms with E-state index in [1.165, 1.54) is 0 Å². The molecule has 0 aliphatic carbocycles. The average Bonchev–Trinajstić information content (AvgIpc) is 2.56. The molecular formula is C10H10N2OS. The van der Waals surface area contributed by atoms with Crippen LogP contribution in [0.15, 0.2) is 45.0 Å². The summed E-state index contributed by atoms with van der Waals surface area (Å²) in [4.78, 5) is 6.05. The Morgan fingerprint density at radius 1 is 1.36 bits per heavy atom. The molecule has 2 N–H and O–H groups in total. The van der Waals surface area contributed by atoms with Gasteiger partial charge in [0.1, 0.15) is 5.76 Å². The Hall–Kier alpha value is -1.42. The van der Waals surface area contributed by atoms with E-state index in [9.17, 15) is 0 Å². The number of furan rings is 1. The molecule has 0 radical (unpaired) electrons. The van der Waals surface area contributed by atoms with Crippen LogP contribution in [0.3, 0.4) is 0 Å². The number of nitrogens with two attached hydrogens (primary N) is 1. The van der Waals surface area contributed by atoms with Gasteiger partial charge < -0.3 is 10.2 Å². The van der Waals surface area contributed by atoms with Crippen molar-refractivity contribution in [2.24, 2.45) is 0 Å². The molecule has 0 aliphatic heterocycles. The van der Waals surface area contributed by atoms with Gasteiger partial charge in [-0.3, -0.25) is 4.98 Å². The summed E-state index contributed by atoms with van der Waals surface area (Å²) in [6.45, 7) is 1.93. The molecule has 2 rings (SSSR count). The zero-order valence-corrected chi connectivity index (χ0v) is 8.54. The Labute approximate surface area is 86.3 Å². The summed E-state index contributed by atoms with van der Waals surface area (Å²) < 4.78 is 5.19. The molecule has 2 aromatic heterocycles. The summed E-state index contributed by atoms with van der Waals surface area (Å²) in [6, 6.07) is 3.71. The number of pyridine rings is 1. The maximum atomic E-state index is 5.80. The number of hydrogen-bond acceptors (Lipinski definition) is 4. The SMILES string of the molecule is Cc1occc1Sc1cnccc1N. The van der Waals surface area contributed by atoms with Crippen LogP contribution in [0.1, 0.15) is 5.76 Å². The molecule has 2 aromatic rings. The molecule has 0 unspecified atom stereocenters. The summed E-state index contributed by atoms with van der Waals surface area (Å²) in [6.07, 6.45) is 5.11. The summed E-state index contributed by atoms with van der Waals surface area (Å²) in [5, 5.41) is 0. The molecule has 4 heteroatoms. The van der Waals surface area contributed by atoms with Gasteiger partial charge in [0, 0.05) is 18.1 Å². The first kappa shape index (κ1) is 9.15. The lowest BCUT2D eigenvalue weighted by molar-refractivity contribution is 0.527. The highest BCUT2D eigenvalue weighted by molar-refractivity contribution is 7.99. The van der Waals surface area contributed by atoms with E-state index in [0.717, 1.165) is 21.2 Å². The largest absolute Gasteiger partial charge is 0.468 e. The molecule has 0 aromatic carbocycles. The van der Waals surface area contributed by atoms with Crippen LogP contribution in [0, 0.1) is 6.92 Å². The second kappa shape index (κ2) is 3.75. The fourth-order valence-corrected chi connectivity index (χ4v) is 1.93. The van der Waals surface area contributed by atoms with E-state index in [2.05, 4.69) is 4.98 Å². The minimum Gasteiger partial charge on any atom is -0.468 e. The standard InChI is InChI=1S/C10H10N2OS/c1-7-9(3-5-13-7)14-10-6-12-4-2-8(10)11/h2-6H,1H3,(H2,11,12). The zero-order valence-electron chi connectivity index (χ0n) is 7.73. The van der Waals surface area contributed by atoms with Crippen LogP contribution in [0.5, 0.6) is 0 Å². The van der Waals surface area contributed by atoms with Crippen LogP contribution in [-0.4, -0.2) is 4.98 Å². The van der Waals surface area contributed by atoms with Gasteiger partial charge >= 0.3 is 0 Å². The van der Waals surface area contributed by atoms with Gasteiger partial charge in [0.2, 0.25) is 0 Å². The van der Waals surface area contributed by atoms with Gasteiger partial charge in [0.25, 0.3) is 0 Å². The highest BCUT2D eigenvalue weighted by atomic mass is 32.2. The molecular weight excluding hydrogens is 196 g/mol. The summed E-state index contributed by atoms with van der Waals surface area (Å²) in [7, 11) is 0. The smallest absolute Gasteiger partial charge is 0.114 e. The van der Waals surface area contributed by atoms with E-state index in [1.807, 2.05) is 13.0 Å². The molecule has 0 aliphatic rings. The first-order valence-electron chi connectivity index (χ1n) is 4.19. The zero-order chi connectivity index (χ0) is 9.97. The van der Waals surface area contributed by atoms with Crippen molar-refractivity contribution in [3.05, 3.63) is 36.5 Å². The molecule has 0 saturated heterocycles. The average molecular weight is 206 g/mol. The van der Waals surface area contributed by atoms with Crippen LogP contribution < -0.4 is 5.73 Å². The van der Waals surface area contributed by atoms with Crippen molar-refractivity contribution < 1.29 is 4.42 Å². The number of rotatable bonds is 2.